The number of aryl methyl sites for hydroxylation is 1. The molecule has 1 unspecified atom stereocenters. The molecule has 2 aromatic heterocycles. The van der Waals surface area contributed by atoms with Crippen LogP contribution in [0.25, 0.3) is 11.0 Å². The van der Waals surface area contributed by atoms with Crippen LogP contribution in [0.15, 0.2) is 29.6 Å². The summed E-state index contributed by atoms with van der Waals surface area (Å²) in [5, 5.41) is 0.0996. The maximum atomic E-state index is 12.7. The van der Waals surface area contributed by atoms with Crippen LogP contribution in [0.4, 0.5) is 13.2 Å². The number of aromatic nitrogens is 3. The molecule has 28 heavy (non-hydrogen) atoms. The van der Waals surface area contributed by atoms with Gasteiger partial charge in [-0.25, -0.2) is 0 Å². The lowest BCUT2D eigenvalue weighted by Gasteiger charge is -2.14. The highest BCUT2D eigenvalue weighted by molar-refractivity contribution is 7.90. The Kier molecular flexibility index (Phi) is 5.57. The van der Waals surface area contributed by atoms with Crippen molar-refractivity contribution in [3.8, 4) is 17.2 Å². The molecule has 0 bridgehead atoms. The van der Waals surface area contributed by atoms with E-state index in [2.05, 4.69) is 19.7 Å². The van der Waals surface area contributed by atoms with Crippen LogP contribution in [0.3, 0.4) is 0 Å². The van der Waals surface area contributed by atoms with Gasteiger partial charge in [0.1, 0.15) is 11.4 Å². The van der Waals surface area contributed by atoms with Crippen LogP contribution in [0.2, 0.25) is 0 Å². The Morgan fingerprint density at radius 1 is 1.18 bits per heavy atom. The van der Waals surface area contributed by atoms with Gasteiger partial charge < -0.3 is 18.8 Å². The first-order valence-electron chi connectivity index (χ1n) is 7.92. The second-order valence-corrected chi connectivity index (χ2v) is 7.08. The summed E-state index contributed by atoms with van der Waals surface area (Å²) >= 11 is -1.65. The van der Waals surface area contributed by atoms with Gasteiger partial charge in [0.05, 0.1) is 25.3 Å². The van der Waals surface area contributed by atoms with Gasteiger partial charge in [0.2, 0.25) is 0 Å². The first kappa shape index (κ1) is 20.1. The summed E-state index contributed by atoms with van der Waals surface area (Å²) in [5.74, 6) is 0.428. The van der Waals surface area contributed by atoms with Crippen molar-refractivity contribution in [2.24, 2.45) is 0 Å². The van der Waals surface area contributed by atoms with Crippen LogP contribution in [-0.2, 0) is 16.9 Å². The fourth-order valence-corrected chi connectivity index (χ4v) is 3.64. The van der Waals surface area contributed by atoms with Crippen molar-refractivity contribution in [1.29, 1.82) is 0 Å². The van der Waals surface area contributed by atoms with Gasteiger partial charge in [0, 0.05) is 29.0 Å². The van der Waals surface area contributed by atoms with Gasteiger partial charge >= 0.3 is 11.5 Å². The Morgan fingerprint density at radius 2 is 1.89 bits per heavy atom. The molecule has 0 saturated carbocycles. The van der Waals surface area contributed by atoms with E-state index in [1.807, 2.05) is 0 Å². The molecule has 1 aromatic carbocycles. The monoisotopic (exact) mass is 415 g/mol. The molecule has 0 fully saturated rings. The highest BCUT2D eigenvalue weighted by Gasteiger charge is 2.31. The van der Waals surface area contributed by atoms with Gasteiger partial charge in [-0.05, 0) is 19.1 Å². The number of halogens is 3. The largest absolute Gasteiger partial charge is 0.609 e. The number of hydrogen-bond acceptors (Lipinski definition) is 6. The number of H-pyrrole nitrogens is 1. The number of ether oxygens (including phenoxy) is 3. The van der Waals surface area contributed by atoms with Crippen molar-refractivity contribution >= 4 is 22.2 Å². The number of pyridine rings is 1. The smallest absolute Gasteiger partial charge is 0.573 e. The number of methoxy groups -OCH3 is 2. The van der Waals surface area contributed by atoms with E-state index < -0.39 is 23.3 Å². The third-order valence-electron chi connectivity index (χ3n) is 3.80. The van der Waals surface area contributed by atoms with E-state index in [9.17, 15) is 17.7 Å². The first-order valence-corrected chi connectivity index (χ1v) is 9.24. The standard InChI is InChI=1S/C17H16F3N3O4S/c1-9-7-21-13(15(26-3)14(9)25-2)8-28(24)16-22-11-5-4-10(6-12(11)23-16)27-17(18,19)20/h4-7H,8H2,1-3H3,(H,22,23). The van der Waals surface area contributed by atoms with Gasteiger partial charge in [-0.3, -0.25) is 9.97 Å². The summed E-state index contributed by atoms with van der Waals surface area (Å²) < 4.78 is 64.3. The molecule has 3 rings (SSSR count). The zero-order valence-electron chi connectivity index (χ0n) is 15.1. The number of hydrogen-bond donors (Lipinski definition) is 1. The van der Waals surface area contributed by atoms with Crippen LogP contribution < -0.4 is 14.2 Å². The molecule has 7 nitrogen and oxygen atoms in total. The van der Waals surface area contributed by atoms with Crippen LogP contribution in [0.5, 0.6) is 17.2 Å². The average Bonchev–Trinajstić information content (AvgIpc) is 3.04. The molecular weight excluding hydrogens is 399 g/mol. The number of aromatic amines is 1. The van der Waals surface area contributed by atoms with Crippen molar-refractivity contribution in [2.45, 2.75) is 24.2 Å². The van der Waals surface area contributed by atoms with E-state index in [0.717, 1.165) is 17.7 Å². The quantitative estimate of drug-likeness (QED) is 0.620. The van der Waals surface area contributed by atoms with E-state index in [1.54, 1.807) is 13.1 Å². The number of imidazole rings is 1. The van der Waals surface area contributed by atoms with E-state index in [4.69, 9.17) is 9.47 Å². The second-order valence-electron chi connectivity index (χ2n) is 5.71. The molecule has 0 amide bonds. The minimum absolute atomic E-state index is 0.0223. The van der Waals surface area contributed by atoms with Gasteiger partial charge in [0.25, 0.3) is 0 Å². The highest BCUT2D eigenvalue weighted by Crippen LogP contribution is 2.34. The van der Waals surface area contributed by atoms with Gasteiger partial charge in [-0.15, -0.1) is 13.2 Å². The Morgan fingerprint density at radius 3 is 2.54 bits per heavy atom. The first-order chi connectivity index (χ1) is 13.2. The molecular formula is C17H16F3N3O4S. The fraction of sp³-hybridized carbons (Fsp3) is 0.294. The Balaban J connectivity index is 1.87. The van der Waals surface area contributed by atoms with Crippen molar-refractivity contribution in [3.05, 3.63) is 35.7 Å². The van der Waals surface area contributed by atoms with Gasteiger partial charge in [-0.2, -0.15) is 4.98 Å². The SMILES string of the molecule is COc1c(C)cnc(C[S+]([O-])c2nc3cc(OC(F)(F)F)ccc3[nH]2)c1OC. The number of benzene rings is 1. The Labute approximate surface area is 161 Å². The molecule has 0 aliphatic rings. The average molecular weight is 415 g/mol. The zero-order valence-corrected chi connectivity index (χ0v) is 15.9. The van der Waals surface area contributed by atoms with Crippen LogP contribution >= 0.6 is 0 Å². The predicted octanol–water partition coefficient (Wildman–Crippen LogP) is 3.49. The molecule has 2 heterocycles. The summed E-state index contributed by atoms with van der Waals surface area (Å²) in [6, 6.07) is 3.64. The lowest BCUT2D eigenvalue weighted by atomic mass is 10.2. The fourth-order valence-electron chi connectivity index (χ4n) is 2.63. The topological polar surface area (TPSA) is 92.3 Å². The minimum atomic E-state index is -4.80. The summed E-state index contributed by atoms with van der Waals surface area (Å²) in [4.78, 5) is 11.2. The maximum Gasteiger partial charge on any atom is 0.573 e. The van der Waals surface area contributed by atoms with E-state index in [1.165, 1.54) is 20.3 Å². The van der Waals surface area contributed by atoms with Gasteiger partial charge in [-0.1, -0.05) is 0 Å². The lowest BCUT2D eigenvalue weighted by Crippen LogP contribution is -2.16. The van der Waals surface area contributed by atoms with Crippen molar-refractivity contribution in [3.63, 3.8) is 0 Å². The predicted molar refractivity (Wildman–Crippen MR) is 95.0 cm³/mol. The molecule has 150 valence electrons. The molecule has 0 aliphatic carbocycles. The number of rotatable bonds is 6. The molecule has 11 heteroatoms. The van der Waals surface area contributed by atoms with Crippen LogP contribution in [0.1, 0.15) is 11.3 Å². The second kappa shape index (κ2) is 7.76. The van der Waals surface area contributed by atoms with Crippen molar-refractivity contribution < 1.29 is 31.9 Å². The summed E-state index contributed by atoms with van der Waals surface area (Å²) in [5.41, 5.74) is 1.80. The van der Waals surface area contributed by atoms with Crippen molar-refractivity contribution in [1.82, 2.24) is 15.0 Å². The molecule has 1 N–H and O–H groups in total. The number of alkyl halides is 3. The third kappa shape index (κ3) is 4.25. The van der Waals surface area contributed by atoms with E-state index >= 15 is 0 Å². The number of fused-ring (bicyclic) bond motifs is 1. The van der Waals surface area contributed by atoms with Crippen molar-refractivity contribution in [2.75, 3.05) is 14.2 Å². The zero-order chi connectivity index (χ0) is 20.5. The molecule has 0 aliphatic heterocycles. The maximum absolute atomic E-state index is 12.7. The van der Waals surface area contributed by atoms with Crippen LogP contribution in [0, 0.1) is 6.92 Å². The lowest BCUT2D eigenvalue weighted by molar-refractivity contribution is -0.274. The van der Waals surface area contributed by atoms with E-state index in [0.29, 0.717) is 22.7 Å². The summed E-state index contributed by atoms with van der Waals surface area (Å²) in [7, 11) is 2.94. The third-order valence-corrected chi connectivity index (χ3v) is 4.96. The molecule has 0 spiro atoms. The number of nitrogens with zero attached hydrogens (tertiary/aromatic N) is 2. The summed E-state index contributed by atoms with van der Waals surface area (Å²) in [6.45, 7) is 1.80. The Bertz CT molecular complexity index is 994. The molecule has 3 aromatic rings. The van der Waals surface area contributed by atoms with Crippen LogP contribution in [-0.4, -0.2) is 40.1 Å². The normalized spacial score (nSPS) is 12.8. The number of nitrogens with one attached hydrogen (secondary N) is 1. The Hall–Kier alpha value is -2.66. The van der Waals surface area contributed by atoms with E-state index in [-0.39, 0.29) is 16.4 Å². The molecule has 0 radical (unpaired) electrons. The molecule has 1 atom stereocenters. The van der Waals surface area contributed by atoms with Gasteiger partial charge in [0.15, 0.2) is 17.3 Å². The minimum Gasteiger partial charge on any atom is -0.609 e. The summed E-state index contributed by atoms with van der Waals surface area (Å²) in [6.07, 6.45) is -3.23. The molecule has 0 saturated heterocycles. The highest BCUT2D eigenvalue weighted by atomic mass is 32.2.